The molecule has 1 aliphatic heterocycles. The third kappa shape index (κ3) is 4.22. The van der Waals surface area contributed by atoms with E-state index in [9.17, 15) is 4.79 Å². The maximum atomic E-state index is 12.5. The smallest absolute Gasteiger partial charge is 0.256 e. The highest BCUT2D eigenvalue weighted by Crippen LogP contribution is 2.24. The maximum absolute atomic E-state index is 12.5. The Morgan fingerprint density at radius 1 is 1.39 bits per heavy atom. The number of anilines is 1. The molecule has 2 rings (SSSR count). The van der Waals surface area contributed by atoms with Crippen molar-refractivity contribution in [2.24, 2.45) is 0 Å². The summed E-state index contributed by atoms with van der Waals surface area (Å²) in [6.45, 7) is 12.7. The number of amides is 1. The zero-order chi connectivity index (χ0) is 17.2. The Balaban J connectivity index is 2.01. The van der Waals surface area contributed by atoms with Gasteiger partial charge in [-0.3, -0.25) is 9.69 Å². The standard InChI is InChI=1S/C16H28N4O2S/c1-10-7-20(8-11(2)22-10)16(4,5)9-18-14(21)13-12(3)19-23-15(13)17-6/h10-11,17H,7-9H2,1-6H3,(H,18,21)/t10-,11-/m0/s1. The lowest BCUT2D eigenvalue weighted by atomic mass is 10.00. The van der Waals surface area contributed by atoms with E-state index < -0.39 is 0 Å². The Morgan fingerprint density at radius 3 is 2.57 bits per heavy atom. The van der Waals surface area contributed by atoms with Crippen LogP contribution in [-0.4, -0.2) is 59.6 Å². The number of nitrogens with one attached hydrogen (secondary N) is 2. The van der Waals surface area contributed by atoms with E-state index in [4.69, 9.17) is 4.74 Å². The van der Waals surface area contributed by atoms with Gasteiger partial charge in [-0.25, -0.2) is 0 Å². The van der Waals surface area contributed by atoms with Gasteiger partial charge in [-0.2, -0.15) is 4.37 Å². The summed E-state index contributed by atoms with van der Waals surface area (Å²) in [5.41, 5.74) is 1.29. The average molecular weight is 340 g/mol. The monoisotopic (exact) mass is 340 g/mol. The van der Waals surface area contributed by atoms with Crippen LogP contribution in [0.2, 0.25) is 0 Å². The highest BCUT2D eigenvalue weighted by molar-refractivity contribution is 7.10. The third-order valence-electron chi connectivity index (χ3n) is 4.27. The molecule has 0 aromatic carbocycles. The van der Waals surface area contributed by atoms with Crippen molar-refractivity contribution >= 4 is 22.4 Å². The van der Waals surface area contributed by atoms with E-state index in [1.165, 1.54) is 11.5 Å². The number of hydrogen-bond acceptors (Lipinski definition) is 6. The Bertz CT molecular complexity index is 548. The molecule has 7 heteroatoms. The van der Waals surface area contributed by atoms with E-state index >= 15 is 0 Å². The molecule has 1 aromatic rings. The number of carbonyl (C=O) groups is 1. The zero-order valence-corrected chi connectivity index (χ0v) is 15.7. The molecule has 130 valence electrons. The van der Waals surface area contributed by atoms with Gasteiger partial charge in [-0.05, 0) is 46.2 Å². The van der Waals surface area contributed by atoms with E-state index in [1.807, 2.05) is 14.0 Å². The second-order valence-electron chi connectivity index (χ2n) is 6.88. The van der Waals surface area contributed by atoms with E-state index in [0.29, 0.717) is 12.1 Å². The van der Waals surface area contributed by atoms with Crippen LogP contribution >= 0.6 is 11.5 Å². The van der Waals surface area contributed by atoms with Crippen LogP contribution in [0, 0.1) is 6.92 Å². The Labute approximate surface area is 142 Å². The van der Waals surface area contributed by atoms with Crippen molar-refractivity contribution < 1.29 is 9.53 Å². The number of carbonyl (C=O) groups excluding carboxylic acids is 1. The van der Waals surface area contributed by atoms with E-state index in [2.05, 4.69) is 47.6 Å². The molecule has 2 heterocycles. The molecule has 0 saturated carbocycles. The predicted molar refractivity (Wildman–Crippen MR) is 94.4 cm³/mol. The molecule has 6 nitrogen and oxygen atoms in total. The minimum absolute atomic E-state index is 0.0666. The highest BCUT2D eigenvalue weighted by atomic mass is 32.1. The van der Waals surface area contributed by atoms with Gasteiger partial charge in [0.25, 0.3) is 5.91 Å². The quantitative estimate of drug-likeness (QED) is 0.859. The van der Waals surface area contributed by atoms with Gasteiger partial charge in [0.15, 0.2) is 0 Å². The molecule has 1 amide bonds. The molecule has 1 fully saturated rings. The van der Waals surface area contributed by atoms with Crippen molar-refractivity contribution in [1.29, 1.82) is 0 Å². The summed E-state index contributed by atoms with van der Waals surface area (Å²) in [6.07, 6.45) is 0.431. The molecular formula is C16H28N4O2S. The first-order valence-electron chi connectivity index (χ1n) is 8.07. The molecule has 0 aliphatic carbocycles. The molecule has 1 aliphatic rings. The van der Waals surface area contributed by atoms with Crippen molar-refractivity contribution in [3.05, 3.63) is 11.3 Å². The summed E-state index contributed by atoms with van der Waals surface area (Å²) >= 11 is 1.32. The van der Waals surface area contributed by atoms with Crippen molar-refractivity contribution in [1.82, 2.24) is 14.6 Å². The number of hydrogen-bond donors (Lipinski definition) is 2. The number of rotatable bonds is 5. The molecule has 0 unspecified atom stereocenters. The topological polar surface area (TPSA) is 66.5 Å². The van der Waals surface area contributed by atoms with E-state index in [0.717, 1.165) is 23.8 Å². The average Bonchev–Trinajstić information content (AvgIpc) is 2.85. The first-order valence-corrected chi connectivity index (χ1v) is 8.84. The maximum Gasteiger partial charge on any atom is 0.256 e. The van der Waals surface area contributed by atoms with Crippen LogP contribution in [-0.2, 0) is 4.74 Å². The highest BCUT2D eigenvalue weighted by Gasteiger charge is 2.33. The fourth-order valence-corrected chi connectivity index (χ4v) is 3.72. The lowest BCUT2D eigenvalue weighted by Crippen LogP contribution is -2.58. The minimum atomic E-state index is -0.126. The summed E-state index contributed by atoms with van der Waals surface area (Å²) in [6, 6.07) is 0. The fourth-order valence-electron chi connectivity index (χ4n) is 2.98. The lowest BCUT2D eigenvalue weighted by molar-refractivity contribution is -0.0948. The molecule has 0 bridgehead atoms. The molecule has 2 atom stereocenters. The van der Waals surface area contributed by atoms with Gasteiger partial charge in [0.1, 0.15) is 5.00 Å². The SMILES string of the molecule is CNc1snc(C)c1C(=O)NCC(C)(C)N1C[C@H](C)O[C@@H](C)C1. The fraction of sp³-hybridized carbons (Fsp3) is 0.750. The summed E-state index contributed by atoms with van der Waals surface area (Å²) < 4.78 is 10.1. The van der Waals surface area contributed by atoms with Crippen LogP contribution in [0.3, 0.4) is 0 Å². The third-order valence-corrected chi connectivity index (χ3v) is 5.23. The van der Waals surface area contributed by atoms with Gasteiger partial charge in [-0.15, -0.1) is 0 Å². The number of ether oxygens (including phenoxy) is 1. The Hall–Kier alpha value is -1.18. The van der Waals surface area contributed by atoms with Crippen molar-refractivity contribution in [2.75, 3.05) is 32.0 Å². The van der Waals surface area contributed by atoms with Crippen molar-refractivity contribution in [3.63, 3.8) is 0 Å². The summed E-state index contributed by atoms with van der Waals surface area (Å²) in [5.74, 6) is -0.0666. The normalized spacial score (nSPS) is 22.9. The first-order chi connectivity index (χ1) is 10.7. The molecule has 1 saturated heterocycles. The van der Waals surface area contributed by atoms with Crippen LogP contribution in [0.25, 0.3) is 0 Å². The summed E-state index contributed by atoms with van der Waals surface area (Å²) in [7, 11) is 1.81. The van der Waals surface area contributed by atoms with Gasteiger partial charge < -0.3 is 15.4 Å². The van der Waals surface area contributed by atoms with Gasteiger partial charge in [-0.1, -0.05) is 0 Å². The Morgan fingerprint density at radius 2 is 2.00 bits per heavy atom. The van der Waals surface area contributed by atoms with Crippen LogP contribution in [0.5, 0.6) is 0 Å². The van der Waals surface area contributed by atoms with Gasteiger partial charge >= 0.3 is 0 Å². The van der Waals surface area contributed by atoms with E-state index in [-0.39, 0.29) is 23.7 Å². The van der Waals surface area contributed by atoms with Gasteiger partial charge in [0.2, 0.25) is 0 Å². The van der Waals surface area contributed by atoms with Crippen LogP contribution in [0.4, 0.5) is 5.00 Å². The summed E-state index contributed by atoms with van der Waals surface area (Å²) in [4.78, 5) is 14.9. The second kappa shape index (κ2) is 7.15. The van der Waals surface area contributed by atoms with Crippen LogP contribution in [0.1, 0.15) is 43.7 Å². The van der Waals surface area contributed by atoms with Gasteiger partial charge in [0, 0.05) is 32.2 Å². The molecular weight excluding hydrogens is 312 g/mol. The predicted octanol–water partition coefficient (Wildman–Crippen LogP) is 2.11. The van der Waals surface area contributed by atoms with Gasteiger partial charge in [0.05, 0.1) is 23.5 Å². The first kappa shape index (κ1) is 18.2. The largest absolute Gasteiger partial charge is 0.378 e. The van der Waals surface area contributed by atoms with E-state index in [1.54, 1.807) is 0 Å². The number of nitrogens with zero attached hydrogens (tertiary/aromatic N) is 2. The molecule has 1 aromatic heterocycles. The second-order valence-corrected chi connectivity index (χ2v) is 7.65. The zero-order valence-electron chi connectivity index (χ0n) is 14.9. The van der Waals surface area contributed by atoms with Crippen molar-refractivity contribution in [2.45, 2.75) is 52.4 Å². The Kier molecular flexibility index (Phi) is 5.65. The molecule has 0 radical (unpaired) electrons. The summed E-state index contributed by atoms with van der Waals surface area (Å²) in [5, 5.41) is 6.92. The molecule has 0 spiro atoms. The molecule has 2 N–H and O–H groups in total. The minimum Gasteiger partial charge on any atom is -0.378 e. The lowest BCUT2D eigenvalue weighted by Gasteiger charge is -2.45. The molecule has 23 heavy (non-hydrogen) atoms. The number of morpholine rings is 1. The van der Waals surface area contributed by atoms with Crippen LogP contribution < -0.4 is 10.6 Å². The number of aryl methyl sites for hydroxylation is 1. The van der Waals surface area contributed by atoms with Crippen molar-refractivity contribution in [3.8, 4) is 0 Å². The number of aromatic nitrogens is 1. The van der Waals surface area contributed by atoms with Crippen LogP contribution in [0.15, 0.2) is 0 Å².